The molecule has 4 heterocycles. The first-order valence-corrected chi connectivity index (χ1v) is 12.1. The summed E-state index contributed by atoms with van der Waals surface area (Å²) in [6.07, 6.45) is 0.452. The van der Waals surface area contributed by atoms with Crippen molar-refractivity contribution in [2.45, 2.75) is 25.1 Å². The molecule has 2 aromatic rings. The number of anilines is 1. The average molecular weight is 443 g/mol. The normalized spacial score (nSPS) is 27.2. The van der Waals surface area contributed by atoms with Gasteiger partial charge in [-0.15, -0.1) is 11.8 Å². The van der Waals surface area contributed by atoms with Crippen LogP contribution in [0.2, 0.25) is 0 Å². The van der Waals surface area contributed by atoms with Crippen LogP contribution >= 0.6 is 11.8 Å². The molecule has 31 heavy (non-hydrogen) atoms. The summed E-state index contributed by atoms with van der Waals surface area (Å²) in [5, 5.41) is 19.3. The van der Waals surface area contributed by atoms with E-state index >= 15 is 0 Å². The topological polar surface area (TPSA) is 76.9 Å². The predicted octanol–water partition coefficient (Wildman–Crippen LogP) is 0.886. The maximum atomic E-state index is 12.7. The lowest BCUT2D eigenvalue weighted by Gasteiger charge is -2.43. The number of nitrogens with one attached hydrogen (secondary N) is 1. The number of thioether (sulfide) groups is 1. The van der Waals surface area contributed by atoms with E-state index in [1.165, 1.54) is 0 Å². The van der Waals surface area contributed by atoms with Gasteiger partial charge < -0.3 is 20.2 Å². The molecule has 2 unspecified atom stereocenters. The molecule has 3 aliphatic rings. The molecule has 0 bridgehead atoms. The van der Waals surface area contributed by atoms with E-state index in [2.05, 4.69) is 33.3 Å². The molecular formula is C22H30N6O2S. The van der Waals surface area contributed by atoms with Gasteiger partial charge in [-0.3, -0.25) is 9.69 Å². The smallest absolute Gasteiger partial charge is 0.240 e. The number of amides is 1. The molecule has 0 saturated carbocycles. The Morgan fingerprint density at radius 2 is 1.97 bits per heavy atom. The maximum Gasteiger partial charge on any atom is 0.240 e. The van der Waals surface area contributed by atoms with Crippen molar-refractivity contribution in [1.29, 1.82) is 0 Å². The molecule has 1 aromatic heterocycles. The zero-order valence-electron chi connectivity index (χ0n) is 17.9. The SMILES string of the molecule is Cc1cc(N2CCN(C3(O)CNC(C(=O)N4CCSC4)C3)CC2)n(-c2ccccc2)n1. The monoisotopic (exact) mass is 442 g/mol. The molecule has 3 aliphatic heterocycles. The van der Waals surface area contributed by atoms with Gasteiger partial charge in [0.1, 0.15) is 11.5 Å². The van der Waals surface area contributed by atoms with Gasteiger partial charge in [-0.1, -0.05) is 18.2 Å². The molecule has 2 N–H and O–H groups in total. The number of aliphatic hydroxyl groups is 1. The number of para-hydroxylation sites is 1. The Hall–Kier alpha value is -2.07. The van der Waals surface area contributed by atoms with Crippen molar-refractivity contribution in [3.8, 4) is 5.69 Å². The van der Waals surface area contributed by atoms with Crippen LogP contribution in [0, 0.1) is 6.92 Å². The number of aromatic nitrogens is 2. The highest BCUT2D eigenvalue weighted by molar-refractivity contribution is 7.99. The van der Waals surface area contributed by atoms with Crippen LogP contribution in [0.5, 0.6) is 0 Å². The Balaban J connectivity index is 1.24. The van der Waals surface area contributed by atoms with Gasteiger partial charge in [-0.25, -0.2) is 4.68 Å². The number of hydrogen-bond acceptors (Lipinski definition) is 7. The first kappa shape index (κ1) is 20.8. The Bertz CT molecular complexity index is 923. The molecule has 9 heteroatoms. The highest BCUT2D eigenvalue weighted by atomic mass is 32.2. The molecule has 166 valence electrons. The van der Waals surface area contributed by atoms with Gasteiger partial charge in [-0.05, 0) is 19.1 Å². The first-order chi connectivity index (χ1) is 15.0. The Morgan fingerprint density at radius 3 is 2.68 bits per heavy atom. The van der Waals surface area contributed by atoms with Crippen molar-refractivity contribution in [2.24, 2.45) is 0 Å². The van der Waals surface area contributed by atoms with Gasteiger partial charge in [0.25, 0.3) is 0 Å². The van der Waals surface area contributed by atoms with Crippen LogP contribution in [0.1, 0.15) is 12.1 Å². The summed E-state index contributed by atoms with van der Waals surface area (Å²) >= 11 is 1.79. The minimum atomic E-state index is -0.963. The number of benzene rings is 1. The van der Waals surface area contributed by atoms with Crippen LogP contribution in [0.4, 0.5) is 5.82 Å². The lowest BCUT2D eigenvalue weighted by atomic mass is 10.1. The van der Waals surface area contributed by atoms with Crippen molar-refractivity contribution >= 4 is 23.5 Å². The third kappa shape index (κ3) is 4.07. The number of carbonyl (C=O) groups is 1. The minimum absolute atomic E-state index is 0.127. The van der Waals surface area contributed by atoms with E-state index in [1.807, 2.05) is 34.7 Å². The van der Waals surface area contributed by atoms with Crippen molar-refractivity contribution in [3.63, 3.8) is 0 Å². The van der Waals surface area contributed by atoms with Crippen molar-refractivity contribution in [2.75, 3.05) is 55.8 Å². The summed E-state index contributed by atoms with van der Waals surface area (Å²) in [4.78, 5) is 19.1. The molecule has 0 spiro atoms. The number of β-amino-alcohol motifs (C(OH)–C–C–N with tert-alkyl or cyclic N) is 1. The molecule has 1 aromatic carbocycles. The summed E-state index contributed by atoms with van der Waals surface area (Å²) in [7, 11) is 0. The van der Waals surface area contributed by atoms with E-state index in [0.29, 0.717) is 13.0 Å². The molecule has 8 nitrogen and oxygen atoms in total. The summed E-state index contributed by atoms with van der Waals surface area (Å²) in [6, 6.07) is 12.0. The molecular weight excluding hydrogens is 412 g/mol. The quantitative estimate of drug-likeness (QED) is 0.728. The van der Waals surface area contributed by atoms with Crippen molar-refractivity contribution < 1.29 is 9.90 Å². The largest absolute Gasteiger partial charge is 0.374 e. The zero-order valence-corrected chi connectivity index (χ0v) is 18.7. The van der Waals surface area contributed by atoms with Gasteiger partial charge in [-0.2, -0.15) is 5.10 Å². The second-order valence-corrected chi connectivity index (χ2v) is 9.70. The Kier molecular flexibility index (Phi) is 5.68. The number of carbonyl (C=O) groups excluding carboxylic acids is 1. The second kappa shape index (κ2) is 8.46. The standard InChI is InChI=1S/C22H30N6O2S/c1-17-13-20(28(24-17)18-5-3-2-4-6-18)25-7-9-27(10-8-25)22(30)14-19(23-15-22)21(29)26-11-12-31-16-26/h2-6,13,19,23,30H,7-12,14-16H2,1H3. The van der Waals surface area contributed by atoms with Crippen LogP contribution in [-0.4, -0.2) is 93.3 Å². The third-order valence-electron chi connectivity index (χ3n) is 6.53. The molecule has 0 radical (unpaired) electrons. The van der Waals surface area contributed by atoms with E-state index in [0.717, 1.165) is 61.6 Å². The van der Waals surface area contributed by atoms with Crippen LogP contribution < -0.4 is 10.2 Å². The van der Waals surface area contributed by atoms with Crippen LogP contribution in [0.25, 0.3) is 5.69 Å². The molecule has 0 aliphatic carbocycles. The van der Waals surface area contributed by atoms with Gasteiger partial charge in [0.05, 0.1) is 23.3 Å². The van der Waals surface area contributed by atoms with Crippen LogP contribution in [0.15, 0.2) is 36.4 Å². The van der Waals surface area contributed by atoms with Crippen molar-refractivity contribution in [1.82, 2.24) is 24.9 Å². The molecule has 1 amide bonds. The Morgan fingerprint density at radius 1 is 1.19 bits per heavy atom. The lowest BCUT2D eigenvalue weighted by molar-refractivity contribution is -0.133. The molecule has 3 saturated heterocycles. The molecule has 2 atom stereocenters. The third-order valence-corrected chi connectivity index (χ3v) is 7.50. The van der Waals surface area contributed by atoms with E-state index in [9.17, 15) is 9.90 Å². The minimum Gasteiger partial charge on any atom is -0.374 e. The van der Waals surface area contributed by atoms with Crippen LogP contribution in [0.3, 0.4) is 0 Å². The number of piperazine rings is 1. The van der Waals surface area contributed by atoms with Gasteiger partial charge >= 0.3 is 0 Å². The lowest BCUT2D eigenvalue weighted by Crippen LogP contribution is -2.58. The van der Waals surface area contributed by atoms with E-state index in [-0.39, 0.29) is 11.9 Å². The van der Waals surface area contributed by atoms with E-state index in [1.54, 1.807) is 11.8 Å². The van der Waals surface area contributed by atoms with E-state index < -0.39 is 5.72 Å². The molecule has 3 fully saturated rings. The highest BCUT2D eigenvalue weighted by Crippen LogP contribution is 2.29. The number of hydrogen-bond donors (Lipinski definition) is 2. The average Bonchev–Trinajstić information content (AvgIpc) is 3.55. The fraction of sp³-hybridized carbons (Fsp3) is 0.545. The van der Waals surface area contributed by atoms with Gasteiger partial charge in [0.2, 0.25) is 5.91 Å². The maximum absolute atomic E-state index is 12.7. The van der Waals surface area contributed by atoms with Crippen molar-refractivity contribution in [3.05, 3.63) is 42.1 Å². The summed E-state index contributed by atoms with van der Waals surface area (Å²) < 4.78 is 2.00. The van der Waals surface area contributed by atoms with Crippen LogP contribution in [-0.2, 0) is 4.79 Å². The second-order valence-electron chi connectivity index (χ2n) is 8.62. The number of nitrogens with zero attached hydrogens (tertiary/aromatic N) is 5. The Labute approximate surface area is 187 Å². The summed E-state index contributed by atoms with van der Waals surface area (Å²) in [5.41, 5.74) is 1.07. The van der Waals surface area contributed by atoms with Gasteiger partial charge in [0.15, 0.2) is 0 Å². The number of rotatable bonds is 4. The zero-order chi connectivity index (χ0) is 21.4. The first-order valence-electron chi connectivity index (χ1n) is 11.0. The number of aryl methyl sites for hydroxylation is 1. The van der Waals surface area contributed by atoms with E-state index in [4.69, 9.17) is 5.10 Å². The summed E-state index contributed by atoms with van der Waals surface area (Å²) in [5.74, 6) is 2.98. The fourth-order valence-electron chi connectivity index (χ4n) is 4.80. The fourth-order valence-corrected chi connectivity index (χ4v) is 5.76. The van der Waals surface area contributed by atoms with Gasteiger partial charge in [0, 0.05) is 57.5 Å². The molecule has 5 rings (SSSR count). The highest BCUT2D eigenvalue weighted by Gasteiger charge is 2.46. The summed E-state index contributed by atoms with van der Waals surface area (Å²) in [6.45, 7) is 6.37. The predicted molar refractivity (Wildman–Crippen MR) is 122 cm³/mol.